The average Bonchev–Trinajstić information content (AvgIpc) is 2.84. The van der Waals surface area contributed by atoms with Crippen LogP contribution in [0.25, 0.3) is 0 Å². The Hall–Kier alpha value is -2.00. The van der Waals surface area contributed by atoms with Gasteiger partial charge in [-0.25, -0.2) is 9.57 Å². The van der Waals surface area contributed by atoms with Crippen molar-refractivity contribution in [3.63, 3.8) is 0 Å². The molecule has 0 aliphatic carbocycles. The quantitative estimate of drug-likeness (QED) is 0.418. The fraction of sp³-hybridized carbons (Fsp3) is 0.538. The maximum absolute atomic E-state index is 13.1. The van der Waals surface area contributed by atoms with E-state index < -0.39 is 40.1 Å². The van der Waals surface area contributed by atoms with Crippen LogP contribution in [0.1, 0.15) is 18.2 Å². The highest BCUT2D eigenvalue weighted by atomic mass is 32.3. The van der Waals surface area contributed by atoms with Crippen molar-refractivity contribution < 1.29 is 21.8 Å². The van der Waals surface area contributed by atoms with Crippen LogP contribution in [0.5, 0.6) is 0 Å². The van der Waals surface area contributed by atoms with Gasteiger partial charge in [-0.05, 0) is 6.92 Å². The summed E-state index contributed by atoms with van der Waals surface area (Å²) < 4.78 is 47.1. The summed E-state index contributed by atoms with van der Waals surface area (Å²) in [4.78, 5) is 25.4. The fourth-order valence-electron chi connectivity index (χ4n) is 2.32. The van der Waals surface area contributed by atoms with Gasteiger partial charge < -0.3 is 9.47 Å². The van der Waals surface area contributed by atoms with Gasteiger partial charge in [-0.3, -0.25) is 18.5 Å². The lowest BCUT2D eigenvalue weighted by molar-refractivity contribution is -0.0548. The van der Waals surface area contributed by atoms with Gasteiger partial charge in [0, 0.05) is 18.2 Å². The molecule has 132 valence electrons. The van der Waals surface area contributed by atoms with Crippen molar-refractivity contribution in [3.8, 4) is 12.3 Å². The molecule has 2 rings (SSSR count). The summed E-state index contributed by atoms with van der Waals surface area (Å²) in [5.74, 6) is 2.24. The number of terminal acetylenes is 1. The molecule has 1 fully saturated rings. The molecule has 1 unspecified atom stereocenters. The fourth-order valence-corrected chi connectivity index (χ4v) is 2.84. The number of aryl methyl sites for hydroxylation is 1. The second-order valence-electron chi connectivity index (χ2n) is 5.14. The summed E-state index contributed by atoms with van der Waals surface area (Å²) in [6.07, 6.45) is 3.42. The van der Waals surface area contributed by atoms with E-state index in [-0.39, 0.29) is 25.2 Å². The van der Waals surface area contributed by atoms with Crippen molar-refractivity contribution >= 4 is 10.4 Å². The number of aromatic amines is 1. The second kappa shape index (κ2) is 7.27. The largest absolute Gasteiger partial charge is 0.366 e. The van der Waals surface area contributed by atoms with Crippen LogP contribution >= 0.6 is 0 Å². The molecule has 0 amide bonds. The number of ether oxygens (including phenoxy) is 2. The molecule has 0 bridgehead atoms. The van der Waals surface area contributed by atoms with E-state index in [1.807, 2.05) is 0 Å². The molecule has 1 aromatic heterocycles. The summed E-state index contributed by atoms with van der Waals surface area (Å²) in [6.45, 7) is 1.38. The smallest absolute Gasteiger partial charge is 0.330 e. The molecular weight excluding hydrogens is 345 g/mol. The SMILES string of the molecule is C#CCOC[C@@H]1O[C@@H](n2cc(C)c(=O)[nH]c2=O)C[C@@H]1OS(=N)(=O)F. The number of hydrogen-bond acceptors (Lipinski definition) is 7. The molecule has 2 N–H and O–H groups in total. The van der Waals surface area contributed by atoms with Crippen molar-refractivity contribution in [3.05, 3.63) is 32.6 Å². The van der Waals surface area contributed by atoms with Gasteiger partial charge in [0.25, 0.3) is 5.56 Å². The van der Waals surface area contributed by atoms with E-state index in [2.05, 4.69) is 15.1 Å². The number of rotatable bonds is 6. The van der Waals surface area contributed by atoms with Gasteiger partial charge in [0.05, 0.1) is 6.61 Å². The van der Waals surface area contributed by atoms with Crippen molar-refractivity contribution in [2.75, 3.05) is 13.2 Å². The standard InChI is InChI=1S/C13H16FN3O6S/c1-3-4-21-7-10-9(23-24(14,15)20)5-11(22-10)17-6-8(2)12(18)16-13(17)19/h1,6,9-11,15H,4-5,7H2,2H3,(H,16,18,19)/t9-,10-,11+,24?/m0/s1. The van der Waals surface area contributed by atoms with Crippen LogP contribution in [0.2, 0.25) is 0 Å². The van der Waals surface area contributed by atoms with Crippen LogP contribution in [0.3, 0.4) is 0 Å². The van der Waals surface area contributed by atoms with Gasteiger partial charge >= 0.3 is 16.1 Å². The van der Waals surface area contributed by atoms with Crippen molar-refractivity contribution in [2.24, 2.45) is 0 Å². The Bertz CT molecular complexity index is 856. The molecule has 1 saturated heterocycles. The molecule has 1 aliphatic rings. The van der Waals surface area contributed by atoms with Crippen LogP contribution < -0.4 is 11.2 Å². The first-order chi connectivity index (χ1) is 11.2. The number of nitrogens with one attached hydrogen (secondary N) is 2. The van der Waals surface area contributed by atoms with Crippen LogP contribution in [0.4, 0.5) is 3.89 Å². The van der Waals surface area contributed by atoms with Gasteiger partial charge in [-0.15, -0.1) is 6.42 Å². The third-order valence-electron chi connectivity index (χ3n) is 3.35. The highest BCUT2D eigenvalue weighted by Gasteiger charge is 2.40. The molecule has 11 heteroatoms. The summed E-state index contributed by atoms with van der Waals surface area (Å²) in [7, 11) is -4.72. The lowest BCUT2D eigenvalue weighted by Gasteiger charge is -2.17. The highest BCUT2D eigenvalue weighted by Crippen LogP contribution is 2.31. The van der Waals surface area contributed by atoms with Gasteiger partial charge in [-0.2, -0.15) is 4.21 Å². The first kappa shape index (κ1) is 18.3. The molecule has 0 aromatic carbocycles. The molecular formula is C13H16FN3O6S. The van der Waals surface area contributed by atoms with Gasteiger partial charge in [-0.1, -0.05) is 9.81 Å². The van der Waals surface area contributed by atoms with Crippen LogP contribution in [-0.4, -0.2) is 39.2 Å². The molecule has 0 saturated carbocycles. The molecule has 9 nitrogen and oxygen atoms in total. The maximum Gasteiger partial charge on any atom is 0.330 e. The Kier molecular flexibility index (Phi) is 5.55. The zero-order valence-corrected chi connectivity index (χ0v) is 13.5. The Labute approximate surface area is 137 Å². The van der Waals surface area contributed by atoms with E-state index in [1.54, 1.807) is 0 Å². The third kappa shape index (κ3) is 4.51. The van der Waals surface area contributed by atoms with Crippen molar-refractivity contribution in [1.82, 2.24) is 9.55 Å². The summed E-state index contributed by atoms with van der Waals surface area (Å²) in [5.41, 5.74) is -0.974. The second-order valence-corrected chi connectivity index (χ2v) is 6.20. The lowest BCUT2D eigenvalue weighted by Crippen LogP contribution is -2.33. The van der Waals surface area contributed by atoms with Gasteiger partial charge in [0.1, 0.15) is 25.0 Å². The average molecular weight is 361 g/mol. The van der Waals surface area contributed by atoms with E-state index >= 15 is 0 Å². The number of halogens is 1. The molecule has 0 spiro atoms. The number of hydrogen-bond donors (Lipinski definition) is 2. The molecule has 24 heavy (non-hydrogen) atoms. The molecule has 2 heterocycles. The van der Waals surface area contributed by atoms with Crippen molar-refractivity contribution in [2.45, 2.75) is 31.8 Å². The Morgan fingerprint density at radius 1 is 1.62 bits per heavy atom. The summed E-state index contributed by atoms with van der Waals surface area (Å²) >= 11 is 0. The Balaban J connectivity index is 2.24. The van der Waals surface area contributed by atoms with Crippen molar-refractivity contribution in [1.29, 1.82) is 4.78 Å². The minimum Gasteiger partial charge on any atom is -0.366 e. The summed E-state index contributed by atoms with van der Waals surface area (Å²) in [6, 6.07) is 0. The normalized spacial score (nSPS) is 26.0. The first-order valence-electron chi connectivity index (χ1n) is 6.86. The van der Waals surface area contributed by atoms with E-state index in [0.29, 0.717) is 0 Å². The minimum absolute atomic E-state index is 0.0269. The lowest BCUT2D eigenvalue weighted by atomic mass is 10.2. The first-order valence-corrected chi connectivity index (χ1v) is 8.25. The maximum atomic E-state index is 13.1. The summed E-state index contributed by atoms with van der Waals surface area (Å²) in [5, 5.41) is 0. The predicted molar refractivity (Wildman–Crippen MR) is 81.1 cm³/mol. The Morgan fingerprint density at radius 2 is 2.33 bits per heavy atom. The van der Waals surface area contributed by atoms with Gasteiger partial charge in [0.2, 0.25) is 0 Å². The predicted octanol–water partition coefficient (Wildman–Crippen LogP) is 0.0138. The molecule has 0 radical (unpaired) electrons. The zero-order chi connectivity index (χ0) is 17.9. The Morgan fingerprint density at radius 3 is 2.96 bits per heavy atom. The zero-order valence-electron chi connectivity index (χ0n) is 12.7. The number of aromatic nitrogens is 2. The van der Waals surface area contributed by atoms with Gasteiger partial charge in [0.15, 0.2) is 0 Å². The third-order valence-corrected chi connectivity index (χ3v) is 3.85. The van der Waals surface area contributed by atoms with Crippen LogP contribution in [0.15, 0.2) is 15.8 Å². The van der Waals surface area contributed by atoms with E-state index in [9.17, 15) is 17.7 Å². The van der Waals surface area contributed by atoms with E-state index in [4.69, 9.17) is 20.7 Å². The monoisotopic (exact) mass is 361 g/mol. The number of H-pyrrole nitrogens is 1. The molecule has 4 atom stereocenters. The molecule has 1 aromatic rings. The van der Waals surface area contributed by atoms with E-state index in [1.165, 1.54) is 13.1 Å². The highest BCUT2D eigenvalue weighted by molar-refractivity contribution is 7.82. The van der Waals surface area contributed by atoms with Crippen LogP contribution in [-0.2, 0) is 24.1 Å². The molecule has 1 aliphatic heterocycles. The minimum atomic E-state index is -4.72. The van der Waals surface area contributed by atoms with Crippen LogP contribution in [0, 0.1) is 24.0 Å². The topological polar surface area (TPSA) is 123 Å². The number of nitrogens with zero attached hydrogens (tertiary/aromatic N) is 1. The van der Waals surface area contributed by atoms with E-state index in [0.717, 1.165) is 4.57 Å².